The summed E-state index contributed by atoms with van der Waals surface area (Å²) in [5.74, 6) is 0.918. The van der Waals surface area contributed by atoms with Gasteiger partial charge in [0.2, 0.25) is 0 Å². The molecule has 0 radical (unpaired) electrons. The molecule has 2 aliphatic heterocycles. The topological polar surface area (TPSA) is 29.5 Å². The van der Waals surface area contributed by atoms with Gasteiger partial charge >= 0.3 is 0 Å². The van der Waals surface area contributed by atoms with Gasteiger partial charge in [0.05, 0.1) is 18.3 Å². The zero-order valence-electron chi connectivity index (χ0n) is 11.9. The number of hydrogen-bond donors (Lipinski definition) is 1. The first-order chi connectivity index (χ1) is 9.13. The first-order valence-corrected chi connectivity index (χ1v) is 7.56. The summed E-state index contributed by atoms with van der Waals surface area (Å²) in [7, 11) is 0. The minimum atomic E-state index is -0.250. The van der Waals surface area contributed by atoms with Gasteiger partial charge in [0, 0.05) is 5.92 Å². The van der Waals surface area contributed by atoms with Gasteiger partial charge in [-0.1, -0.05) is 38.1 Å². The van der Waals surface area contributed by atoms with Crippen LogP contribution in [0.3, 0.4) is 0 Å². The molecule has 4 atom stereocenters. The molecule has 2 saturated heterocycles. The molecule has 2 heterocycles. The quantitative estimate of drug-likeness (QED) is 0.900. The van der Waals surface area contributed by atoms with Crippen LogP contribution in [0.25, 0.3) is 0 Å². The lowest BCUT2D eigenvalue weighted by atomic mass is 9.83. The second-order valence-electron chi connectivity index (χ2n) is 6.44. The van der Waals surface area contributed by atoms with Crippen molar-refractivity contribution in [2.24, 2.45) is 5.92 Å². The molecule has 0 aromatic heterocycles. The van der Waals surface area contributed by atoms with Crippen LogP contribution in [0.15, 0.2) is 24.3 Å². The number of hydrogen-bond acceptors (Lipinski definition) is 2. The van der Waals surface area contributed by atoms with E-state index in [0.717, 1.165) is 19.3 Å². The molecule has 3 rings (SSSR count). The van der Waals surface area contributed by atoms with Gasteiger partial charge in [0.1, 0.15) is 0 Å². The van der Waals surface area contributed by atoms with Gasteiger partial charge in [-0.05, 0) is 42.7 Å². The Morgan fingerprint density at radius 3 is 2.47 bits per heavy atom. The Morgan fingerprint density at radius 2 is 1.95 bits per heavy atom. The molecular formula is C17H24O2. The fraction of sp³-hybridized carbons (Fsp3) is 0.647. The lowest BCUT2D eigenvalue weighted by molar-refractivity contribution is 0.0432. The molecule has 2 bridgehead atoms. The highest BCUT2D eigenvalue weighted by atomic mass is 16.5. The van der Waals surface area contributed by atoms with Gasteiger partial charge in [-0.3, -0.25) is 0 Å². The van der Waals surface area contributed by atoms with E-state index in [1.807, 2.05) is 0 Å². The van der Waals surface area contributed by atoms with E-state index < -0.39 is 0 Å². The van der Waals surface area contributed by atoms with Crippen molar-refractivity contribution in [1.82, 2.24) is 0 Å². The van der Waals surface area contributed by atoms with Crippen molar-refractivity contribution in [3.05, 3.63) is 35.4 Å². The highest BCUT2D eigenvalue weighted by Crippen LogP contribution is 2.41. The molecule has 1 aromatic carbocycles. The maximum atomic E-state index is 10.4. The van der Waals surface area contributed by atoms with Crippen LogP contribution in [0, 0.1) is 5.92 Å². The number of aliphatic hydroxyl groups is 1. The monoisotopic (exact) mass is 260 g/mol. The largest absolute Gasteiger partial charge is 0.392 e. The molecule has 104 valence electrons. The summed E-state index contributed by atoms with van der Waals surface area (Å²) in [4.78, 5) is 0. The van der Waals surface area contributed by atoms with Crippen LogP contribution in [-0.4, -0.2) is 23.4 Å². The van der Waals surface area contributed by atoms with Crippen molar-refractivity contribution in [3.63, 3.8) is 0 Å². The normalized spacial score (nSPS) is 31.1. The first-order valence-electron chi connectivity index (χ1n) is 7.56. The Bertz CT molecular complexity index is 423. The van der Waals surface area contributed by atoms with Crippen LogP contribution in [0.2, 0.25) is 0 Å². The highest BCUT2D eigenvalue weighted by Gasteiger charge is 2.43. The van der Waals surface area contributed by atoms with Gasteiger partial charge < -0.3 is 9.84 Å². The van der Waals surface area contributed by atoms with Crippen LogP contribution < -0.4 is 0 Å². The molecule has 2 aliphatic rings. The zero-order chi connectivity index (χ0) is 13.4. The van der Waals surface area contributed by atoms with Gasteiger partial charge in [0.15, 0.2) is 0 Å². The average Bonchev–Trinajstić information content (AvgIpc) is 3.01. The van der Waals surface area contributed by atoms with Crippen molar-refractivity contribution in [1.29, 1.82) is 0 Å². The van der Waals surface area contributed by atoms with Crippen molar-refractivity contribution in [2.75, 3.05) is 0 Å². The van der Waals surface area contributed by atoms with Gasteiger partial charge in [-0.25, -0.2) is 0 Å². The Morgan fingerprint density at radius 1 is 1.21 bits per heavy atom. The number of benzene rings is 1. The predicted octanol–water partition coefficient (Wildman–Crippen LogP) is 3.28. The van der Waals surface area contributed by atoms with Crippen molar-refractivity contribution in [2.45, 2.75) is 63.8 Å². The Balaban J connectivity index is 1.61. The Labute approximate surface area is 115 Å². The van der Waals surface area contributed by atoms with E-state index >= 15 is 0 Å². The summed E-state index contributed by atoms with van der Waals surface area (Å²) < 4.78 is 5.83. The molecule has 2 nitrogen and oxygen atoms in total. The summed E-state index contributed by atoms with van der Waals surface area (Å²) >= 11 is 0. The minimum Gasteiger partial charge on any atom is -0.392 e. The third-order valence-electron chi connectivity index (χ3n) is 4.74. The second kappa shape index (κ2) is 5.26. The third kappa shape index (κ3) is 2.70. The van der Waals surface area contributed by atoms with E-state index in [1.165, 1.54) is 17.5 Å². The standard InChI is InChI=1S/C17H24O2/c1-11(2)13-5-3-12(4-6-13)9-16(18)15-10-14-7-8-17(15)19-14/h3-6,11,14-18H,7-10H2,1-2H3. The summed E-state index contributed by atoms with van der Waals surface area (Å²) in [5, 5.41) is 10.4. The summed E-state index contributed by atoms with van der Waals surface area (Å²) in [6.07, 6.45) is 4.63. The molecule has 0 spiro atoms. The molecule has 0 aliphatic carbocycles. The molecule has 2 fully saturated rings. The lowest BCUT2D eigenvalue weighted by Crippen LogP contribution is -2.30. The van der Waals surface area contributed by atoms with Gasteiger partial charge in [-0.2, -0.15) is 0 Å². The van der Waals surface area contributed by atoms with E-state index in [9.17, 15) is 5.11 Å². The maximum absolute atomic E-state index is 10.4. The fourth-order valence-electron chi connectivity index (χ4n) is 3.51. The van der Waals surface area contributed by atoms with Crippen LogP contribution in [0.1, 0.15) is 50.2 Å². The van der Waals surface area contributed by atoms with Gasteiger partial charge in [0.25, 0.3) is 0 Å². The molecular weight excluding hydrogens is 236 g/mol. The summed E-state index contributed by atoms with van der Waals surface area (Å²) in [6.45, 7) is 4.41. The fourth-order valence-corrected chi connectivity index (χ4v) is 3.51. The predicted molar refractivity (Wildman–Crippen MR) is 76.2 cm³/mol. The van der Waals surface area contributed by atoms with Crippen LogP contribution in [-0.2, 0) is 11.2 Å². The smallest absolute Gasteiger partial charge is 0.0634 e. The number of ether oxygens (including phenoxy) is 1. The first kappa shape index (κ1) is 13.1. The SMILES string of the molecule is CC(C)c1ccc(CC(O)C2CC3CCC2O3)cc1. The van der Waals surface area contributed by atoms with E-state index in [1.54, 1.807) is 0 Å². The Kier molecular flexibility index (Phi) is 3.64. The summed E-state index contributed by atoms with van der Waals surface area (Å²) in [5.41, 5.74) is 2.60. The van der Waals surface area contributed by atoms with Crippen LogP contribution >= 0.6 is 0 Å². The van der Waals surface area contributed by atoms with Crippen molar-refractivity contribution >= 4 is 0 Å². The third-order valence-corrected chi connectivity index (χ3v) is 4.74. The average molecular weight is 260 g/mol. The number of rotatable bonds is 4. The molecule has 19 heavy (non-hydrogen) atoms. The molecule has 0 saturated carbocycles. The zero-order valence-corrected chi connectivity index (χ0v) is 11.9. The molecule has 0 amide bonds. The second-order valence-corrected chi connectivity index (χ2v) is 6.44. The Hall–Kier alpha value is -0.860. The summed E-state index contributed by atoms with van der Waals surface area (Å²) in [6, 6.07) is 8.69. The molecule has 2 heteroatoms. The maximum Gasteiger partial charge on any atom is 0.0634 e. The number of fused-ring (bicyclic) bond motifs is 2. The van der Waals surface area contributed by atoms with Crippen molar-refractivity contribution < 1.29 is 9.84 Å². The molecule has 1 aromatic rings. The van der Waals surface area contributed by atoms with E-state index in [0.29, 0.717) is 24.0 Å². The van der Waals surface area contributed by atoms with Crippen LogP contribution in [0.5, 0.6) is 0 Å². The van der Waals surface area contributed by atoms with Crippen LogP contribution in [0.4, 0.5) is 0 Å². The van der Waals surface area contributed by atoms with E-state index in [-0.39, 0.29) is 6.10 Å². The van der Waals surface area contributed by atoms with Gasteiger partial charge in [-0.15, -0.1) is 0 Å². The lowest BCUT2D eigenvalue weighted by Gasteiger charge is -2.24. The molecule has 1 N–H and O–H groups in total. The molecule has 4 unspecified atom stereocenters. The number of aliphatic hydroxyl groups excluding tert-OH is 1. The van der Waals surface area contributed by atoms with E-state index in [4.69, 9.17) is 4.74 Å². The van der Waals surface area contributed by atoms with Crippen molar-refractivity contribution in [3.8, 4) is 0 Å². The minimum absolute atomic E-state index is 0.250. The highest BCUT2D eigenvalue weighted by molar-refractivity contribution is 5.25. The van der Waals surface area contributed by atoms with E-state index in [2.05, 4.69) is 38.1 Å².